The second kappa shape index (κ2) is 8.75. The Bertz CT molecular complexity index is 902. The fraction of sp³-hybridized carbons (Fsp3) is 0.250. The molecule has 1 aliphatic heterocycles. The van der Waals surface area contributed by atoms with Crippen molar-refractivity contribution in [2.24, 2.45) is 0 Å². The first-order valence-corrected chi connectivity index (χ1v) is 9.10. The number of rotatable bonds is 6. The second-order valence-electron chi connectivity index (χ2n) is 6.15. The molecule has 1 heterocycles. The van der Waals surface area contributed by atoms with Crippen LogP contribution in [0.1, 0.15) is 13.3 Å². The van der Waals surface area contributed by atoms with Crippen molar-refractivity contribution in [1.29, 1.82) is 0 Å². The van der Waals surface area contributed by atoms with E-state index in [0.717, 1.165) is 0 Å². The lowest BCUT2D eigenvalue weighted by Gasteiger charge is -2.29. The number of para-hydroxylation sites is 3. The summed E-state index contributed by atoms with van der Waals surface area (Å²) in [6.07, 6.45) is -1.06. The van der Waals surface area contributed by atoms with Crippen LogP contribution in [0.4, 0.5) is 11.4 Å². The molecule has 3 rings (SSSR count). The van der Waals surface area contributed by atoms with Crippen LogP contribution < -0.4 is 15.0 Å². The lowest BCUT2D eigenvalue weighted by atomic mass is 10.2. The van der Waals surface area contributed by atoms with E-state index in [2.05, 4.69) is 5.32 Å². The van der Waals surface area contributed by atoms with Gasteiger partial charge in [0.15, 0.2) is 12.7 Å². The molecule has 1 atom stereocenters. The van der Waals surface area contributed by atoms with Gasteiger partial charge in [-0.15, -0.1) is 0 Å². The molecule has 0 saturated carbocycles. The van der Waals surface area contributed by atoms with Crippen molar-refractivity contribution in [1.82, 2.24) is 0 Å². The highest BCUT2D eigenvalue weighted by atomic mass is 35.5. The molecule has 2 aromatic rings. The van der Waals surface area contributed by atoms with E-state index >= 15 is 0 Å². The van der Waals surface area contributed by atoms with Gasteiger partial charge < -0.3 is 19.7 Å². The van der Waals surface area contributed by atoms with E-state index in [1.54, 1.807) is 48.5 Å². The van der Waals surface area contributed by atoms with Gasteiger partial charge in [-0.05, 0) is 31.2 Å². The largest absolute Gasteiger partial charge is 0.482 e. The van der Waals surface area contributed by atoms with Crippen molar-refractivity contribution >= 4 is 40.8 Å². The topological polar surface area (TPSA) is 84.9 Å². The molecule has 0 aliphatic carbocycles. The summed E-state index contributed by atoms with van der Waals surface area (Å²) in [5.74, 6) is -0.730. The summed E-state index contributed by atoms with van der Waals surface area (Å²) < 4.78 is 10.5. The smallest absolute Gasteiger partial charge is 0.308 e. The Morgan fingerprint density at radius 1 is 1.21 bits per heavy atom. The van der Waals surface area contributed by atoms with Crippen LogP contribution in [0.5, 0.6) is 5.75 Å². The van der Waals surface area contributed by atoms with Crippen molar-refractivity contribution < 1.29 is 23.9 Å². The van der Waals surface area contributed by atoms with Crippen molar-refractivity contribution in [3.05, 3.63) is 53.6 Å². The number of carbonyl (C=O) groups excluding carboxylic acids is 3. The zero-order chi connectivity index (χ0) is 20.1. The molecule has 0 radical (unpaired) electrons. The van der Waals surface area contributed by atoms with Gasteiger partial charge in [0.25, 0.3) is 11.8 Å². The van der Waals surface area contributed by atoms with Crippen molar-refractivity contribution in [3.8, 4) is 5.75 Å². The van der Waals surface area contributed by atoms with Crippen LogP contribution in [0.15, 0.2) is 48.5 Å². The first-order valence-electron chi connectivity index (χ1n) is 8.73. The minimum Gasteiger partial charge on any atom is -0.482 e. The molecule has 0 fully saturated rings. The fourth-order valence-electron chi connectivity index (χ4n) is 2.71. The average molecular weight is 403 g/mol. The molecule has 0 spiro atoms. The standard InChI is InChI=1S/C20H19ClN2O5/c1-13(20(26)22-15-7-3-2-6-14(15)21)28-19(25)10-11-23-16-8-4-5-9-17(16)27-12-18(23)24/h2-9,13H,10-12H2,1H3,(H,22,26)/t13-/m0/s1. The first-order chi connectivity index (χ1) is 13.5. The van der Waals surface area contributed by atoms with Crippen LogP contribution in [-0.2, 0) is 19.1 Å². The summed E-state index contributed by atoms with van der Waals surface area (Å²) >= 11 is 6.00. The molecule has 28 heavy (non-hydrogen) atoms. The maximum Gasteiger partial charge on any atom is 0.308 e. The molecule has 1 N–H and O–H groups in total. The predicted octanol–water partition coefficient (Wildman–Crippen LogP) is 3.03. The van der Waals surface area contributed by atoms with Crippen LogP contribution in [-0.4, -0.2) is 37.0 Å². The lowest BCUT2D eigenvalue weighted by molar-refractivity contribution is -0.153. The molecule has 0 bridgehead atoms. The molecule has 0 unspecified atom stereocenters. The summed E-state index contributed by atoms with van der Waals surface area (Å²) in [7, 11) is 0. The molecule has 146 valence electrons. The Balaban J connectivity index is 1.53. The van der Waals surface area contributed by atoms with Gasteiger partial charge in [0, 0.05) is 6.54 Å². The van der Waals surface area contributed by atoms with Gasteiger partial charge >= 0.3 is 5.97 Å². The van der Waals surface area contributed by atoms with Gasteiger partial charge in [-0.1, -0.05) is 35.9 Å². The highest BCUT2D eigenvalue weighted by Crippen LogP contribution is 2.31. The van der Waals surface area contributed by atoms with E-state index in [9.17, 15) is 14.4 Å². The van der Waals surface area contributed by atoms with E-state index in [1.165, 1.54) is 11.8 Å². The van der Waals surface area contributed by atoms with Gasteiger partial charge in [0.05, 0.1) is 22.8 Å². The summed E-state index contributed by atoms with van der Waals surface area (Å²) in [5.41, 5.74) is 1.05. The van der Waals surface area contributed by atoms with Gasteiger partial charge in [-0.2, -0.15) is 0 Å². The zero-order valence-electron chi connectivity index (χ0n) is 15.2. The molecule has 2 amide bonds. The number of hydrogen-bond donors (Lipinski definition) is 1. The first kappa shape index (κ1) is 19.7. The Hall–Kier alpha value is -3.06. The van der Waals surface area contributed by atoms with Crippen LogP contribution in [0, 0.1) is 0 Å². The van der Waals surface area contributed by atoms with Crippen molar-refractivity contribution in [2.75, 3.05) is 23.4 Å². The minimum absolute atomic E-state index is 0.0518. The monoisotopic (exact) mass is 402 g/mol. The average Bonchev–Trinajstić information content (AvgIpc) is 2.69. The fourth-order valence-corrected chi connectivity index (χ4v) is 2.89. The van der Waals surface area contributed by atoms with Crippen LogP contribution >= 0.6 is 11.6 Å². The number of anilines is 2. The minimum atomic E-state index is -1.00. The third kappa shape index (κ3) is 4.61. The number of nitrogens with one attached hydrogen (secondary N) is 1. The maximum absolute atomic E-state index is 12.2. The molecular formula is C20H19ClN2O5. The summed E-state index contributed by atoms with van der Waals surface area (Å²) in [6, 6.07) is 13.9. The van der Waals surface area contributed by atoms with E-state index in [-0.39, 0.29) is 25.5 Å². The van der Waals surface area contributed by atoms with Gasteiger partial charge in [0.1, 0.15) is 5.75 Å². The third-order valence-electron chi connectivity index (χ3n) is 4.16. The maximum atomic E-state index is 12.2. The number of halogens is 1. The van der Waals surface area contributed by atoms with Gasteiger partial charge in [-0.3, -0.25) is 14.4 Å². The number of nitrogens with zero attached hydrogens (tertiary/aromatic N) is 1. The molecule has 7 nitrogen and oxygen atoms in total. The Morgan fingerprint density at radius 3 is 2.71 bits per heavy atom. The molecule has 0 saturated heterocycles. The number of fused-ring (bicyclic) bond motifs is 1. The number of ether oxygens (including phenoxy) is 2. The summed E-state index contributed by atoms with van der Waals surface area (Å²) in [6.45, 7) is 1.53. The molecule has 2 aromatic carbocycles. The van der Waals surface area contributed by atoms with Gasteiger partial charge in [0.2, 0.25) is 0 Å². The lowest BCUT2D eigenvalue weighted by Crippen LogP contribution is -2.40. The quantitative estimate of drug-likeness (QED) is 0.751. The van der Waals surface area contributed by atoms with Crippen LogP contribution in [0.2, 0.25) is 5.02 Å². The van der Waals surface area contributed by atoms with Crippen LogP contribution in [0.25, 0.3) is 0 Å². The second-order valence-corrected chi connectivity index (χ2v) is 6.56. The van der Waals surface area contributed by atoms with Crippen LogP contribution in [0.3, 0.4) is 0 Å². The number of carbonyl (C=O) groups is 3. The Labute approximate surface area is 167 Å². The molecular weight excluding hydrogens is 384 g/mol. The Kier molecular flexibility index (Phi) is 6.16. The van der Waals surface area contributed by atoms with E-state index < -0.39 is 18.0 Å². The van der Waals surface area contributed by atoms with Gasteiger partial charge in [-0.25, -0.2) is 0 Å². The van der Waals surface area contributed by atoms with E-state index in [1.807, 2.05) is 0 Å². The SMILES string of the molecule is C[C@H](OC(=O)CCN1C(=O)COc2ccccc21)C(=O)Nc1ccccc1Cl. The number of hydrogen-bond acceptors (Lipinski definition) is 5. The van der Waals surface area contributed by atoms with E-state index in [0.29, 0.717) is 22.1 Å². The summed E-state index contributed by atoms with van der Waals surface area (Å²) in [5, 5.41) is 3.00. The Morgan fingerprint density at radius 2 is 1.93 bits per heavy atom. The predicted molar refractivity (Wildman–Crippen MR) is 105 cm³/mol. The third-order valence-corrected chi connectivity index (χ3v) is 4.49. The van der Waals surface area contributed by atoms with Crippen molar-refractivity contribution in [2.45, 2.75) is 19.4 Å². The van der Waals surface area contributed by atoms with E-state index in [4.69, 9.17) is 21.1 Å². The highest BCUT2D eigenvalue weighted by Gasteiger charge is 2.26. The number of esters is 1. The normalized spacial score (nSPS) is 13.9. The number of benzene rings is 2. The highest BCUT2D eigenvalue weighted by molar-refractivity contribution is 6.33. The molecule has 8 heteroatoms. The molecule has 0 aromatic heterocycles. The summed E-state index contributed by atoms with van der Waals surface area (Å²) in [4.78, 5) is 37.9. The van der Waals surface area contributed by atoms with Crippen molar-refractivity contribution in [3.63, 3.8) is 0 Å². The molecule has 1 aliphatic rings. The number of amides is 2. The zero-order valence-corrected chi connectivity index (χ0v) is 15.9.